The number of rotatable bonds is 7. The first kappa shape index (κ1) is 23.1. The summed E-state index contributed by atoms with van der Waals surface area (Å²) in [5.74, 6) is -0.177. The summed E-state index contributed by atoms with van der Waals surface area (Å²) < 4.78 is 27.6. The Hall–Kier alpha value is -2.61. The molecule has 1 atom stereocenters. The van der Waals surface area contributed by atoms with E-state index < -0.39 is 20.8 Å². The molecule has 0 saturated carbocycles. The van der Waals surface area contributed by atoms with Gasteiger partial charge in [-0.15, -0.1) is 11.8 Å². The molecule has 7 heteroatoms. The van der Waals surface area contributed by atoms with Crippen molar-refractivity contribution in [3.63, 3.8) is 0 Å². The molecular formula is C24H26N2O3S2. The zero-order chi connectivity index (χ0) is 22.5. The maximum Gasteiger partial charge on any atom is 0.242 e. The van der Waals surface area contributed by atoms with Crippen molar-refractivity contribution in [3.8, 4) is 0 Å². The van der Waals surface area contributed by atoms with E-state index >= 15 is 0 Å². The molecule has 2 N–H and O–H groups in total. The highest BCUT2D eigenvalue weighted by Gasteiger charge is 2.24. The molecule has 3 rings (SSSR count). The summed E-state index contributed by atoms with van der Waals surface area (Å²) in [6.07, 6.45) is 0. The van der Waals surface area contributed by atoms with E-state index in [9.17, 15) is 13.2 Å². The summed E-state index contributed by atoms with van der Waals surface area (Å²) in [7, 11) is -3.63. The second-order valence-corrected chi connectivity index (χ2v) is 11.0. The first-order chi connectivity index (χ1) is 14.6. The number of carbonyl (C=O) groups excluding carboxylic acids is 1. The minimum absolute atomic E-state index is 0.152. The van der Waals surface area contributed by atoms with E-state index in [0.717, 1.165) is 10.5 Å². The van der Waals surface area contributed by atoms with Gasteiger partial charge in [0.15, 0.2) is 0 Å². The second-order valence-electron chi connectivity index (χ2n) is 8.09. The molecule has 162 valence electrons. The van der Waals surface area contributed by atoms with Gasteiger partial charge in [0.05, 0.1) is 4.90 Å². The number of nitrogens with one attached hydrogen (secondary N) is 2. The fourth-order valence-corrected chi connectivity index (χ4v) is 5.39. The Morgan fingerprint density at radius 2 is 1.39 bits per heavy atom. The van der Waals surface area contributed by atoms with Crippen LogP contribution in [0.2, 0.25) is 0 Å². The van der Waals surface area contributed by atoms with Crippen LogP contribution in [0.1, 0.15) is 31.6 Å². The monoisotopic (exact) mass is 454 g/mol. The second kappa shape index (κ2) is 9.68. The van der Waals surface area contributed by atoms with E-state index in [1.807, 2.05) is 60.7 Å². The molecular weight excluding hydrogens is 428 g/mol. The summed E-state index contributed by atoms with van der Waals surface area (Å²) in [5, 5.41) is 2.46. The Balaban J connectivity index is 1.79. The van der Waals surface area contributed by atoms with Crippen molar-refractivity contribution in [2.24, 2.45) is 0 Å². The van der Waals surface area contributed by atoms with E-state index in [-0.39, 0.29) is 10.8 Å². The van der Waals surface area contributed by atoms with Crippen molar-refractivity contribution >= 4 is 33.4 Å². The molecule has 0 saturated heterocycles. The van der Waals surface area contributed by atoms with E-state index in [1.54, 1.807) is 32.9 Å². The minimum atomic E-state index is -3.63. The Kier molecular flexibility index (Phi) is 7.20. The number of thioether (sulfide) groups is 1. The van der Waals surface area contributed by atoms with Crippen LogP contribution in [0.25, 0.3) is 0 Å². The molecule has 5 nitrogen and oxygen atoms in total. The Morgan fingerprint density at radius 3 is 1.94 bits per heavy atom. The van der Waals surface area contributed by atoms with Gasteiger partial charge < -0.3 is 5.32 Å². The quantitative estimate of drug-likeness (QED) is 0.479. The van der Waals surface area contributed by atoms with Gasteiger partial charge in [-0.25, -0.2) is 13.1 Å². The molecule has 0 aliphatic rings. The summed E-state index contributed by atoms with van der Waals surface area (Å²) in [5.41, 5.74) is 0.847. The van der Waals surface area contributed by atoms with Crippen LogP contribution in [0, 0.1) is 0 Å². The average molecular weight is 455 g/mol. The number of hydrogen-bond acceptors (Lipinski definition) is 4. The summed E-state index contributed by atoms with van der Waals surface area (Å²) in [4.78, 5) is 14.3. The van der Waals surface area contributed by atoms with Crippen molar-refractivity contribution in [3.05, 3.63) is 90.5 Å². The van der Waals surface area contributed by atoms with Crippen LogP contribution in [0.15, 0.2) is 94.7 Å². The molecule has 0 aromatic heterocycles. The highest BCUT2D eigenvalue weighted by Crippen LogP contribution is 2.36. The number of amides is 1. The highest BCUT2D eigenvalue weighted by molar-refractivity contribution is 8.00. The lowest BCUT2D eigenvalue weighted by molar-refractivity contribution is -0.115. The average Bonchev–Trinajstić information content (AvgIpc) is 2.72. The van der Waals surface area contributed by atoms with Gasteiger partial charge in [-0.2, -0.15) is 0 Å². The zero-order valence-electron chi connectivity index (χ0n) is 17.7. The van der Waals surface area contributed by atoms with E-state index in [2.05, 4.69) is 10.0 Å². The Morgan fingerprint density at radius 1 is 0.839 bits per heavy atom. The SMILES string of the molecule is CC(C)(C)NS(=O)(=O)c1ccc(NC(=O)[C@@H](Sc2ccccc2)c2ccccc2)cc1. The molecule has 31 heavy (non-hydrogen) atoms. The molecule has 3 aromatic carbocycles. The summed E-state index contributed by atoms with van der Waals surface area (Å²) in [6, 6.07) is 25.5. The third kappa shape index (κ3) is 6.69. The van der Waals surface area contributed by atoms with Crippen LogP contribution in [0.3, 0.4) is 0 Å². The van der Waals surface area contributed by atoms with Crippen LogP contribution < -0.4 is 10.0 Å². The Labute approximate surface area is 188 Å². The highest BCUT2D eigenvalue weighted by atomic mass is 32.2. The predicted octanol–water partition coefficient (Wildman–Crippen LogP) is 5.24. The van der Waals surface area contributed by atoms with Crippen LogP contribution in [-0.4, -0.2) is 19.9 Å². The van der Waals surface area contributed by atoms with Crippen molar-refractivity contribution in [1.29, 1.82) is 0 Å². The fourth-order valence-electron chi connectivity index (χ4n) is 2.92. The van der Waals surface area contributed by atoms with Gasteiger partial charge in [-0.3, -0.25) is 4.79 Å². The third-order valence-electron chi connectivity index (χ3n) is 4.21. The number of carbonyl (C=O) groups is 1. The van der Waals surface area contributed by atoms with Crippen LogP contribution in [-0.2, 0) is 14.8 Å². The first-order valence-electron chi connectivity index (χ1n) is 9.86. The van der Waals surface area contributed by atoms with Gasteiger partial charge in [0.1, 0.15) is 5.25 Å². The lowest BCUT2D eigenvalue weighted by atomic mass is 10.1. The number of anilines is 1. The van der Waals surface area contributed by atoms with Crippen molar-refractivity contribution in [2.75, 3.05) is 5.32 Å². The number of hydrogen-bond donors (Lipinski definition) is 2. The summed E-state index contributed by atoms with van der Waals surface area (Å²) >= 11 is 1.46. The summed E-state index contributed by atoms with van der Waals surface area (Å²) in [6.45, 7) is 5.35. The van der Waals surface area contributed by atoms with Crippen LogP contribution >= 0.6 is 11.8 Å². The minimum Gasteiger partial charge on any atom is -0.325 e. The Bertz CT molecular complexity index is 1110. The van der Waals surface area contributed by atoms with E-state index in [4.69, 9.17) is 0 Å². The molecule has 3 aromatic rings. The largest absolute Gasteiger partial charge is 0.325 e. The number of sulfonamides is 1. The normalized spacial score (nSPS) is 12.9. The molecule has 0 aliphatic heterocycles. The lowest BCUT2D eigenvalue weighted by Gasteiger charge is -2.20. The molecule has 0 heterocycles. The molecule has 0 bridgehead atoms. The fraction of sp³-hybridized carbons (Fsp3) is 0.208. The molecule has 0 unspecified atom stereocenters. The van der Waals surface area contributed by atoms with Gasteiger partial charge >= 0.3 is 0 Å². The molecule has 1 amide bonds. The smallest absolute Gasteiger partial charge is 0.242 e. The van der Waals surface area contributed by atoms with Crippen molar-refractivity contribution < 1.29 is 13.2 Å². The van der Waals surface area contributed by atoms with E-state index in [0.29, 0.717) is 5.69 Å². The standard InChI is InChI=1S/C24H26N2O3S2/c1-24(2,3)26-31(28,29)21-16-14-19(15-17-21)25-23(27)22(18-10-6-4-7-11-18)30-20-12-8-5-9-13-20/h4-17,22,26H,1-3H3,(H,25,27)/t22-/m0/s1. The lowest BCUT2D eigenvalue weighted by Crippen LogP contribution is -2.40. The molecule has 0 fully saturated rings. The van der Waals surface area contributed by atoms with Gasteiger partial charge in [0.25, 0.3) is 0 Å². The van der Waals surface area contributed by atoms with Gasteiger partial charge in [-0.1, -0.05) is 48.5 Å². The molecule has 0 radical (unpaired) electrons. The van der Waals surface area contributed by atoms with E-state index in [1.165, 1.54) is 23.9 Å². The predicted molar refractivity (Wildman–Crippen MR) is 127 cm³/mol. The van der Waals surface area contributed by atoms with Gasteiger partial charge in [0, 0.05) is 16.1 Å². The topological polar surface area (TPSA) is 75.3 Å². The van der Waals surface area contributed by atoms with Crippen molar-refractivity contribution in [1.82, 2.24) is 4.72 Å². The zero-order valence-corrected chi connectivity index (χ0v) is 19.3. The maximum absolute atomic E-state index is 13.1. The van der Waals surface area contributed by atoms with Gasteiger partial charge in [-0.05, 0) is 62.7 Å². The van der Waals surface area contributed by atoms with Crippen molar-refractivity contribution in [2.45, 2.75) is 41.4 Å². The first-order valence-corrected chi connectivity index (χ1v) is 12.2. The maximum atomic E-state index is 13.1. The van der Waals surface area contributed by atoms with Crippen LogP contribution in [0.5, 0.6) is 0 Å². The molecule has 0 aliphatic carbocycles. The van der Waals surface area contributed by atoms with Crippen LogP contribution in [0.4, 0.5) is 5.69 Å². The third-order valence-corrected chi connectivity index (χ3v) is 7.25. The number of benzene rings is 3. The molecule has 0 spiro atoms. The van der Waals surface area contributed by atoms with Gasteiger partial charge in [0.2, 0.25) is 15.9 Å².